The van der Waals surface area contributed by atoms with Crippen LogP contribution in [0.15, 0.2) is 4.52 Å². The van der Waals surface area contributed by atoms with Gasteiger partial charge in [0.2, 0.25) is 5.89 Å². The van der Waals surface area contributed by atoms with Crippen LogP contribution in [0.5, 0.6) is 0 Å². The second-order valence-electron chi connectivity index (χ2n) is 5.00. The lowest BCUT2D eigenvalue weighted by atomic mass is 10.1. The molecule has 1 aromatic rings. The van der Waals surface area contributed by atoms with E-state index >= 15 is 0 Å². The van der Waals surface area contributed by atoms with Crippen molar-refractivity contribution in [3.05, 3.63) is 5.89 Å². The van der Waals surface area contributed by atoms with Crippen molar-refractivity contribution >= 4 is 5.95 Å². The standard InChI is InChI=1S/C12H23N5O2/c13-6-2-1-5-10(14)11-15-12(16-19-11)17-7-3-4-9(17)8-18/h9-10,18H,1-8,13-14H2/t9-,10-/m1/s1. The molecule has 0 saturated carbocycles. The summed E-state index contributed by atoms with van der Waals surface area (Å²) in [6.07, 6.45) is 4.70. The summed E-state index contributed by atoms with van der Waals surface area (Å²) < 4.78 is 5.22. The zero-order valence-electron chi connectivity index (χ0n) is 11.2. The SMILES string of the molecule is NCCCC[C@@H](N)c1nc(N2CCC[C@@H]2CO)no1. The number of rotatable bonds is 7. The molecule has 2 rings (SSSR count). The van der Waals surface area contributed by atoms with Crippen LogP contribution < -0.4 is 16.4 Å². The monoisotopic (exact) mass is 269 g/mol. The number of aliphatic hydroxyl groups excluding tert-OH is 1. The maximum atomic E-state index is 9.29. The number of aliphatic hydroxyl groups is 1. The van der Waals surface area contributed by atoms with Gasteiger partial charge in [-0.1, -0.05) is 6.42 Å². The maximum Gasteiger partial charge on any atom is 0.266 e. The molecule has 5 N–H and O–H groups in total. The van der Waals surface area contributed by atoms with E-state index in [1.54, 1.807) is 0 Å². The highest BCUT2D eigenvalue weighted by Crippen LogP contribution is 2.24. The van der Waals surface area contributed by atoms with Crippen LogP contribution in [-0.4, -0.2) is 41.0 Å². The fraction of sp³-hybridized carbons (Fsp3) is 0.833. The number of anilines is 1. The van der Waals surface area contributed by atoms with Gasteiger partial charge in [0.05, 0.1) is 18.7 Å². The molecule has 0 radical (unpaired) electrons. The minimum atomic E-state index is -0.233. The van der Waals surface area contributed by atoms with Gasteiger partial charge >= 0.3 is 0 Å². The summed E-state index contributed by atoms with van der Waals surface area (Å²) in [5, 5.41) is 13.3. The quantitative estimate of drug-likeness (QED) is 0.604. The molecule has 19 heavy (non-hydrogen) atoms. The van der Waals surface area contributed by atoms with Gasteiger partial charge in [-0.3, -0.25) is 0 Å². The van der Waals surface area contributed by atoms with E-state index in [1.807, 2.05) is 4.90 Å². The van der Waals surface area contributed by atoms with E-state index in [2.05, 4.69) is 10.1 Å². The van der Waals surface area contributed by atoms with Crippen LogP contribution in [0.3, 0.4) is 0 Å². The summed E-state index contributed by atoms with van der Waals surface area (Å²) in [7, 11) is 0. The fourth-order valence-corrected chi connectivity index (χ4v) is 2.42. The van der Waals surface area contributed by atoms with Crippen LogP contribution in [0, 0.1) is 0 Å². The summed E-state index contributed by atoms with van der Waals surface area (Å²) in [6, 6.07) is -0.137. The lowest BCUT2D eigenvalue weighted by Crippen LogP contribution is -2.32. The molecule has 1 fully saturated rings. The molecular weight excluding hydrogens is 246 g/mol. The van der Waals surface area contributed by atoms with Crippen LogP contribution in [0.25, 0.3) is 0 Å². The third-order valence-electron chi connectivity index (χ3n) is 3.56. The normalized spacial score (nSPS) is 21.0. The predicted molar refractivity (Wildman–Crippen MR) is 71.6 cm³/mol. The van der Waals surface area contributed by atoms with E-state index in [0.717, 1.165) is 38.6 Å². The number of nitrogens with two attached hydrogens (primary N) is 2. The molecule has 0 aromatic carbocycles. The third kappa shape index (κ3) is 3.43. The largest absolute Gasteiger partial charge is 0.394 e. The average Bonchev–Trinajstić information content (AvgIpc) is 3.07. The molecule has 0 spiro atoms. The second kappa shape index (κ2) is 6.83. The molecule has 1 aliphatic heterocycles. The van der Waals surface area contributed by atoms with Crippen molar-refractivity contribution in [2.75, 3.05) is 24.6 Å². The lowest BCUT2D eigenvalue weighted by molar-refractivity contribution is 0.265. The molecule has 0 unspecified atom stereocenters. The van der Waals surface area contributed by atoms with Crippen LogP contribution >= 0.6 is 0 Å². The summed E-state index contributed by atoms with van der Waals surface area (Å²) in [5.41, 5.74) is 11.5. The molecule has 7 heteroatoms. The highest BCUT2D eigenvalue weighted by molar-refractivity contribution is 5.32. The molecule has 1 aliphatic rings. The number of aromatic nitrogens is 2. The van der Waals surface area contributed by atoms with Crippen molar-refractivity contribution < 1.29 is 9.63 Å². The Morgan fingerprint density at radius 1 is 1.47 bits per heavy atom. The van der Waals surface area contributed by atoms with Gasteiger partial charge in [-0.05, 0) is 37.4 Å². The molecular formula is C12H23N5O2. The van der Waals surface area contributed by atoms with Crippen molar-refractivity contribution in [3.63, 3.8) is 0 Å². The fourth-order valence-electron chi connectivity index (χ4n) is 2.42. The van der Waals surface area contributed by atoms with Gasteiger partial charge in [0.25, 0.3) is 5.95 Å². The van der Waals surface area contributed by atoms with E-state index in [9.17, 15) is 5.11 Å². The topological polar surface area (TPSA) is 114 Å². The number of hydrogen-bond donors (Lipinski definition) is 3. The molecule has 108 valence electrons. The van der Waals surface area contributed by atoms with E-state index in [-0.39, 0.29) is 18.7 Å². The molecule has 2 heterocycles. The first kappa shape index (κ1) is 14.2. The zero-order chi connectivity index (χ0) is 13.7. The zero-order valence-corrected chi connectivity index (χ0v) is 11.2. The Balaban J connectivity index is 1.94. The molecule has 0 bridgehead atoms. The van der Waals surface area contributed by atoms with Crippen molar-refractivity contribution in [3.8, 4) is 0 Å². The summed E-state index contributed by atoms with van der Waals surface area (Å²) in [4.78, 5) is 6.34. The highest BCUT2D eigenvalue weighted by atomic mass is 16.5. The molecule has 1 saturated heterocycles. The minimum Gasteiger partial charge on any atom is -0.394 e. The smallest absolute Gasteiger partial charge is 0.266 e. The number of hydrogen-bond acceptors (Lipinski definition) is 7. The number of unbranched alkanes of at least 4 members (excludes halogenated alkanes) is 1. The molecule has 2 atom stereocenters. The van der Waals surface area contributed by atoms with Gasteiger partial charge in [-0.25, -0.2) is 0 Å². The van der Waals surface area contributed by atoms with E-state index in [0.29, 0.717) is 18.4 Å². The molecule has 0 amide bonds. The third-order valence-corrected chi connectivity index (χ3v) is 3.56. The Morgan fingerprint density at radius 3 is 3.05 bits per heavy atom. The summed E-state index contributed by atoms with van der Waals surface area (Å²) in [5.74, 6) is 1.01. The van der Waals surface area contributed by atoms with E-state index in [4.69, 9.17) is 16.0 Å². The first-order valence-corrected chi connectivity index (χ1v) is 6.93. The van der Waals surface area contributed by atoms with Crippen molar-refractivity contribution in [1.82, 2.24) is 10.1 Å². The molecule has 0 aliphatic carbocycles. The first-order chi connectivity index (χ1) is 9.26. The Kier molecular flexibility index (Phi) is 5.12. The molecule has 7 nitrogen and oxygen atoms in total. The Labute approximate surface area is 112 Å². The Bertz CT molecular complexity index is 384. The second-order valence-corrected chi connectivity index (χ2v) is 5.00. The van der Waals surface area contributed by atoms with Crippen molar-refractivity contribution in [2.45, 2.75) is 44.2 Å². The lowest BCUT2D eigenvalue weighted by Gasteiger charge is -2.20. The van der Waals surface area contributed by atoms with Crippen LogP contribution in [-0.2, 0) is 0 Å². The van der Waals surface area contributed by atoms with E-state index in [1.165, 1.54) is 0 Å². The van der Waals surface area contributed by atoms with Gasteiger partial charge in [-0.15, -0.1) is 0 Å². The first-order valence-electron chi connectivity index (χ1n) is 6.93. The van der Waals surface area contributed by atoms with Crippen LogP contribution in [0.4, 0.5) is 5.95 Å². The van der Waals surface area contributed by atoms with Gasteiger partial charge < -0.3 is 26.0 Å². The predicted octanol–water partition coefficient (Wildman–Crippen LogP) is 0.160. The Morgan fingerprint density at radius 2 is 2.32 bits per heavy atom. The van der Waals surface area contributed by atoms with Gasteiger partial charge in [0.15, 0.2) is 0 Å². The van der Waals surface area contributed by atoms with Crippen molar-refractivity contribution in [1.29, 1.82) is 0 Å². The van der Waals surface area contributed by atoms with E-state index < -0.39 is 0 Å². The van der Waals surface area contributed by atoms with Gasteiger partial charge in [-0.2, -0.15) is 4.98 Å². The van der Waals surface area contributed by atoms with Crippen LogP contribution in [0.1, 0.15) is 44.0 Å². The summed E-state index contributed by atoms with van der Waals surface area (Å²) >= 11 is 0. The van der Waals surface area contributed by atoms with Crippen LogP contribution in [0.2, 0.25) is 0 Å². The Hall–Kier alpha value is -1.18. The highest BCUT2D eigenvalue weighted by Gasteiger charge is 2.28. The minimum absolute atomic E-state index is 0.0962. The average molecular weight is 269 g/mol. The van der Waals surface area contributed by atoms with Gasteiger partial charge in [0.1, 0.15) is 0 Å². The molecule has 1 aromatic heterocycles. The summed E-state index contributed by atoms with van der Waals surface area (Å²) in [6.45, 7) is 1.65. The van der Waals surface area contributed by atoms with Crippen molar-refractivity contribution in [2.24, 2.45) is 11.5 Å². The van der Waals surface area contributed by atoms with Gasteiger partial charge in [0, 0.05) is 6.54 Å². The maximum absolute atomic E-state index is 9.29. The number of nitrogens with zero attached hydrogens (tertiary/aromatic N) is 3.